The molecular formula is C13H17Br2NO3S. The van der Waals surface area contributed by atoms with E-state index in [1.807, 2.05) is 13.8 Å². The molecule has 2 rings (SSSR count). The Morgan fingerprint density at radius 2 is 2.05 bits per heavy atom. The summed E-state index contributed by atoms with van der Waals surface area (Å²) in [5, 5.41) is 0. The second-order valence-electron chi connectivity index (χ2n) is 5.07. The van der Waals surface area contributed by atoms with Gasteiger partial charge in [-0.2, -0.15) is 0 Å². The average Bonchev–Trinajstić information content (AvgIpc) is 2.86. The number of aryl methyl sites for hydroxylation is 1. The summed E-state index contributed by atoms with van der Waals surface area (Å²) in [4.78, 5) is 0.251. The van der Waals surface area contributed by atoms with Gasteiger partial charge in [0.15, 0.2) is 0 Å². The van der Waals surface area contributed by atoms with Gasteiger partial charge in [-0.05, 0) is 53.9 Å². The van der Waals surface area contributed by atoms with E-state index in [4.69, 9.17) is 4.74 Å². The molecule has 2 atom stereocenters. The molecule has 20 heavy (non-hydrogen) atoms. The maximum Gasteiger partial charge on any atom is 0.241 e. The molecule has 0 saturated carbocycles. The van der Waals surface area contributed by atoms with Crippen molar-refractivity contribution in [3.8, 4) is 0 Å². The summed E-state index contributed by atoms with van der Waals surface area (Å²) in [6.07, 6.45) is 0.891. The zero-order valence-electron chi connectivity index (χ0n) is 11.3. The minimum Gasteiger partial charge on any atom is -0.381 e. The number of ether oxygens (including phenoxy) is 1. The third-order valence-corrected chi connectivity index (χ3v) is 6.89. The number of hydrogen-bond donors (Lipinski definition) is 1. The van der Waals surface area contributed by atoms with Crippen molar-refractivity contribution in [2.24, 2.45) is 5.92 Å². The molecule has 2 unspecified atom stereocenters. The first-order valence-corrected chi connectivity index (χ1v) is 9.44. The highest BCUT2D eigenvalue weighted by Gasteiger charge is 2.28. The molecule has 7 heteroatoms. The SMILES string of the molecule is Cc1cc(Br)c(S(=O)(=O)NC(C)C2CCOC2)cc1Br. The lowest BCUT2D eigenvalue weighted by molar-refractivity contribution is 0.180. The van der Waals surface area contributed by atoms with Crippen molar-refractivity contribution in [1.29, 1.82) is 0 Å². The van der Waals surface area contributed by atoms with Gasteiger partial charge in [0.1, 0.15) is 0 Å². The van der Waals surface area contributed by atoms with Gasteiger partial charge in [0.05, 0.1) is 11.5 Å². The zero-order valence-corrected chi connectivity index (χ0v) is 15.3. The molecule has 1 N–H and O–H groups in total. The third-order valence-electron chi connectivity index (χ3n) is 3.52. The molecule has 0 spiro atoms. The van der Waals surface area contributed by atoms with E-state index in [-0.39, 0.29) is 16.9 Å². The standard InChI is InChI=1S/C13H17Br2NO3S/c1-8-5-12(15)13(6-11(8)14)20(17,18)16-9(2)10-3-4-19-7-10/h5-6,9-10,16H,3-4,7H2,1-2H3. The molecule has 0 radical (unpaired) electrons. The van der Waals surface area contributed by atoms with E-state index in [1.54, 1.807) is 12.1 Å². The fraction of sp³-hybridized carbons (Fsp3) is 0.538. The first-order chi connectivity index (χ1) is 9.31. The summed E-state index contributed by atoms with van der Waals surface area (Å²) in [7, 11) is -3.55. The molecule has 0 amide bonds. The van der Waals surface area contributed by atoms with Crippen LogP contribution in [0.1, 0.15) is 18.9 Å². The van der Waals surface area contributed by atoms with Crippen LogP contribution in [0.25, 0.3) is 0 Å². The molecule has 1 aromatic carbocycles. The Hall–Kier alpha value is 0.0500. The Morgan fingerprint density at radius 3 is 2.65 bits per heavy atom. The summed E-state index contributed by atoms with van der Waals surface area (Å²) in [5.74, 6) is 0.234. The van der Waals surface area contributed by atoms with E-state index >= 15 is 0 Å². The average molecular weight is 427 g/mol. The largest absolute Gasteiger partial charge is 0.381 e. The molecule has 1 aliphatic heterocycles. The summed E-state index contributed by atoms with van der Waals surface area (Å²) >= 11 is 6.70. The van der Waals surface area contributed by atoms with Crippen molar-refractivity contribution in [3.63, 3.8) is 0 Å². The highest BCUT2D eigenvalue weighted by molar-refractivity contribution is 9.11. The van der Waals surface area contributed by atoms with Crippen LogP contribution in [0.4, 0.5) is 0 Å². The highest BCUT2D eigenvalue weighted by atomic mass is 79.9. The Kier molecular flexibility index (Phi) is 5.29. The van der Waals surface area contributed by atoms with E-state index in [9.17, 15) is 8.42 Å². The van der Waals surface area contributed by atoms with Gasteiger partial charge in [-0.25, -0.2) is 13.1 Å². The van der Waals surface area contributed by atoms with Crippen molar-refractivity contribution in [1.82, 2.24) is 4.72 Å². The van der Waals surface area contributed by atoms with Crippen molar-refractivity contribution in [2.75, 3.05) is 13.2 Å². The monoisotopic (exact) mass is 425 g/mol. The van der Waals surface area contributed by atoms with Gasteiger partial charge >= 0.3 is 0 Å². The number of sulfonamides is 1. The van der Waals surface area contributed by atoms with Gasteiger partial charge in [0, 0.05) is 27.5 Å². The minimum absolute atomic E-state index is 0.144. The second-order valence-corrected chi connectivity index (χ2v) is 8.46. The van der Waals surface area contributed by atoms with Gasteiger partial charge in [-0.3, -0.25) is 0 Å². The lowest BCUT2D eigenvalue weighted by atomic mass is 10.0. The van der Waals surface area contributed by atoms with Crippen molar-refractivity contribution in [3.05, 3.63) is 26.6 Å². The first-order valence-electron chi connectivity index (χ1n) is 6.37. The van der Waals surface area contributed by atoms with Crippen LogP contribution in [-0.2, 0) is 14.8 Å². The van der Waals surface area contributed by atoms with Crippen molar-refractivity contribution < 1.29 is 13.2 Å². The van der Waals surface area contributed by atoms with Gasteiger partial charge in [-0.1, -0.05) is 15.9 Å². The normalized spacial score (nSPS) is 21.1. The van der Waals surface area contributed by atoms with Gasteiger partial charge in [0.25, 0.3) is 0 Å². The fourth-order valence-corrected chi connectivity index (χ4v) is 5.18. The van der Waals surface area contributed by atoms with E-state index in [0.717, 1.165) is 16.5 Å². The summed E-state index contributed by atoms with van der Waals surface area (Å²) in [5.41, 5.74) is 0.980. The summed E-state index contributed by atoms with van der Waals surface area (Å²) < 4.78 is 34.4. The zero-order chi connectivity index (χ0) is 14.9. The predicted molar refractivity (Wildman–Crippen MR) is 85.3 cm³/mol. The smallest absolute Gasteiger partial charge is 0.241 e. The van der Waals surface area contributed by atoms with Crippen LogP contribution >= 0.6 is 31.9 Å². The van der Waals surface area contributed by atoms with Crippen LogP contribution in [0.15, 0.2) is 26.0 Å². The number of halogens is 2. The van der Waals surface area contributed by atoms with E-state index in [1.165, 1.54) is 0 Å². The highest BCUT2D eigenvalue weighted by Crippen LogP contribution is 2.29. The van der Waals surface area contributed by atoms with Gasteiger partial charge in [0.2, 0.25) is 10.0 Å². The molecule has 112 valence electrons. The lowest BCUT2D eigenvalue weighted by Gasteiger charge is -2.20. The Morgan fingerprint density at radius 1 is 1.35 bits per heavy atom. The summed E-state index contributed by atoms with van der Waals surface area (Å²) in [6, 6.07) is 3.27. The molecule has 4 nitrogen and oxygen atoms in total. The van der Waals surface area contributed by atoms with Gasteiger partial charge in [-0.15, -0.1) is 0 Å². The van der Waals surface area contributed by atoms with Crippen LogP contribution in [0.2, 0.25) is 0 Å². The van der Waals surface area contributed by atoms with Gasteiger partial charge < -0.3 is 4.74 Å². The molecule has 1 aliphatic rings. The first kappa shape index (κ1) is 16.4. The second kappa shape index (κ2) is 6.44. The van der Waals surface area contributed by atoms with Crippen LogP contribution < -0.4 is 4.72 Å². The Bertz CT molecular complexity index is 598. The van der Waals surface area contributed by atoms with Crippen molar-refractivity contribution in [2.45, 2.75) is 31.2 Å². The Balaban J connectivity index is 2.24. The molecule has 1 heterocycles. The molecular weight excluding hydrogens is 410 g/mol. The quantitative estimate of drug-likeness (QED) is 0.803. The van der Waals surface area contributed by atoms with E-state index in [2.05, 4.69) is 36.6 Å². The molecule has 1 aromatic rings. The molecule has 1 fully saturated rings. The van der Waals surface area contributed by atoms with E-state index < -0.39 is 10.0 Å². The number of rotatable bonds is 4. The molecule has 1 saturated heterocycles. The Labute approximate surface area is 136 Å². The third kappa shape index (κ3) is 3.62. The molecule has 0 aromatic heterocycles. The number of nitrogens with one attached hydrogen (secondary N) is 1. The van der Waals surface area contributed by atoms with Crippen LogP contribution in [0.5, 0.6) is 0 Å². The summed E-state index contributed by atoms with van der Waals surface area (Å²) in [6.45, 7) is 5.12. The maximum absolute atomic E-state index is 12.5. The van der Waals surface area contributed by atoms with Crippen LogP contribution in [0.3, 0.4) is 0 Å². The van der Waals surface area contributed by atoms with Crippen LogP contribution in [0, 0.1) is 12.8 Å². The lowest BCUT2D eigenvalue weighted by Crippen LogP contribution is -2.38. The fourth-order valence-electron chi connectivity index (χ4n) is 2.19. The number of benzene rings is 1. The molecule has 0 aliphatic carbocycles. The van der Waals surface area contributed by atoms with Crippen LogP contribution in [-0.4, -0.2) is 27.7 Å². The van der Waals surface area contributed by atoms with E-state index in [0.29, 0.717) is 17.7 Å². The molecule has 0 bridgehead atoms. The minimum atomic E-state index is -3.55. The van der Waals surface area contributed by atoms with Crippen molar-refractivity contribution >= 4 is 41.9 Å². The maximum atomic E-state index is 12.5. The predicted octanol–water partition coefficient (Wildman–Crippen LogP) is 3.22. The number of hydrogen-bond acceptors (Lipinski definition) is 3. The topological polar surface area (TPSA) is 55.4 Å².